The Morgan fingerprint density at radius 2 is 2.22 bits per heavy atom. The van der Waals surface area contributed by atoms with E-state index in [9.17, 15) is 4.79 Å². The monoisotopic (exact) mass is 304 g/mol. The second kappa shape index (κ2) is 5.59. The number of nitrogens with zero attached hydrogens (tertiary/aromatic N) is 1. The third kappa shape index (κ3) is 2.87. The Morgan fingerprint density at radius 1 is 1.50 bits per heavy atom. The number of carbonyl (C=O) groups excluding carboxylic acids is 1. The van der Waals surface area contributed by atoms with E-state index in [4.69, 9.17) is 28.9 Å². The maximum atomic E-state index is 12.4. The summed E-state index contributed by atoms with van der Waals surface area (Å²) in [7, 11) is 0. The molecule has 2 N–H and O–H groups in total. The SMILES string of the molecule is CC1CN(C(=O)c2cc(N)cc(Cl)c2Cl)CCS1. The zero-order valence-corrected chi connectivity index (χ0v) is 12.3. The summed E-state index contributed by atoms with van der Waals surface area (Å²) in [5, 5.41) is 1.04. The molecule has 3 nitrogen and oxygen atoms in total. The van der Waals surface area contributed by atoms with Gasteiger partial charge in [-0.2, -0.15) is 11.8 Å². The molecule has 0 aliphatic carbocycles. The van der Waals surface area contributed by atoms with E-state index in [2.05, 4.69) is 6.92 Å². The first-order valence-corrected chi connectivity index (χ1v) is 7.45. The second-order valence-electron chi connectivity index (χ2n) is 4.30. The second-order valence-corrected chi connectivity index (χ2v) is 6.63. The van der Waals surface area contributed by atoms with Gasteiger partial charge < -0.3 is 10.6 Å². The molecule has 1 saturated heterocycles. The Hall–Kier alpha value is -0.580. The summed E-state index contributed by atoms with van der Waals surface area (Å²) in [6, 6.07) is 3.14. The minimum Gasteiger partial charge on any atom is -0.399 e. The van der Waals surface area contributed by atoms with Gasteiger partial charge in [-0.25, -0.2) is 0 Å². The molecule has 1 aromatic rings. The molecule has 1 fully saturated rings. The van der Waals surface area contributed by atoms with Crippen LogP contribution in [0.1, 0.15) is 17.3 Å². The zero-order valence-electron chi connectivity index (χ0n) is 9.95. The van der Waals surface area contributed by atoms with E-state index < -0.39 is 0 Å². The highest BCUT2D eigenvalue weighted by Crippen LogP contribution is 2.30. The molecule has 1 unspecified atom stereocenters. The lowest BCUT2D eigenvalue weighted by Gasteiger charge is -2.31. The summed E-state index contributed by atoms with van der Waals surface area (Å²) in [5.74, 6) is 0.849. The number of thioether (sulfide) groups is 1. The molecule has 1 atom stereocenters. The van der Waals surface area contributed by atoms with Gasteiger partial charge >= 0.3 is 0 Å². The largest absolute Gasteiger partial charge is 0.399 e. The van der Waals surface area contributed by atoms with E-state index in [1.807, 2.05) is 11.8 Å². The van der Waals surface area contributed by atoms with Crippen LogP contribution in [0.25, 0.3) is 0 Å². The van der Waals surface area contributed by atoms with Gasteiger partial charge in [0.05, 0.1) is 15.6 Å². The number of nitrogens with two attached hydrogens (primary N) is 1. The van der Waals surface area contributed by atoms with Crippen molar-refractivity contribution in [2.75, 3.05) is 24.6 Å². The fourth-order valence-corrected chi connectivity index (χ4v) is 3.37. The third-order valence-electron chi connectivity index (χ3n) is 2.81. The quantitative estimate of drug-likeness (QED) is 0.811. The molecule has 1 aliphatic heterocycles. The average molecular weight is 305 g/mol. The van der Waals surface area contributed by atoms with Crippen LogP contribution in [0.5, 0.6) is 0 Å². The average Bonchev–Trinajstić information content (AvgIpc) is 2.33. The van der Waals surface area contributed by atoms with Crippen LogP contribution in [0.15, 0.2) is 12.1 Å². The molecule has 0 saturated carbocycles. The number of benzene rings is 1. The number of amides is 1. The molecule has 1 heterocycles. The standard InChI is InChI=1S/C12H14Cl2N2OS/c1-7-6-16(2-3-18-7)12(17)9-4-8(15)5-10(13)11(9)14/h4-5,7H,2-3,6,15H2,1H3. The van der Waals surface area contributed by atoms with Crippen LogP contribution >= 0.6 is 35.0 Å². The number of anilines is 1. The topological polar surface area (TPSA) is 46.3 Å². The lowest BCUT2D eigenvalue weighted by Crippen LogP contribution is -2.41. The maximum absolute atomic E-state index is 12.4. The Morgan fingerprint density at radius 3 is 2.89 bits per heavy atom. The Bertz CT molecular complexity index is 481. The van der Waals surface area contributed by atoms with Crippen molar-refractivity contribution in [1.82, 2.24) is 4.90 Å². The summed E-state index contributed by atoms with van der Waals surface area (Å²) >= 11 is 13.9. The molecule has 0 bridgehead atoms. The summed E-state index contributed by atoms with van der Waals surface area (Å²) < 4.78 is 0. The van der Waals surface area contributed by atoms with E-state index in [0.717, 1.165) is 18.8 Å². The first-order chi connectivity index (χ1) is 8.49. The van der Waals surface area contributed by atoms with E-state index in [1.165, 1.54) is 0 Å². The normalized spacial score (nSPS) is 19.9. The van der Waals surface area contributed by atoms with Crippen molar-refractivity contribution in [2.24, 2.45) is 0 Å². The number of rotatable bonds is 1. The number of carbonyl (C=O) groups is 1. The minimum absolute atomic E-state index is 0.0960. The van der Waals surface area contributed by atoms with Gasteiger partial charge in [-0.15, -0.1) is 0 Å². The molecule has 1 aromatic carbocycles. The highest BCUT2D eigenvalue weighted by Gasteiger charge is 2.24. The van der Waals surface area contributed by atoms with E-state index in [0.29, 0.717) is 21.5 Å². The maximum Gasteiger partial charge on any atom is 0.255 e. The molecule has 0 radical (unpaired) electrons. The summed E-state index contributed by atoms with van der Waals surface area (Å²) in [6.07, 6.45) is 0. The molecule has 18 heavy (non-hydrogen) atoms. The predicted octanol–water partition coefficient (Wildman–Crippen LogP) is 3.15. The molecule has 1 aliphatic rings. The number of halogens is 2. The summed E-state index contributed by atoms with van der Waals surface area (Å²) in [5.41, 5.74) is 6.55. The van der Waals surface area contributed by atoms with Gasteiger partial charge in [0.25, 0.3) is 5.91 Å². The van der Waals surface area contributed by atoms with Crippen molar-refractivity contribution in [1.29, 1.82) is 0 Å². The van der Waals surface area contributed by atoms with E-state index >= 15 is 0 Å². The van der Waals surface area contributed by atoms with Crippen molar-refractivity contribution >= 4 is 46.6 Å². The lowest BCUT2D eigenvalue weighted by molar-refractivity contribution is 0.0763. The van der Waals surface area contributed by atoms with Crippen LogP contribution < -0.4 is 5.73 Å². The summed E-state index contributed by atoms with van der Waals surface area (Å²) in [4.78, 5) is 14.2. The Balaban J connectivity index is 2.28. The molecular formula is C12H14Cl2N2OS. The van der Waals surface area contributed by atoms with Crippen LogP contribution in [0, 0.1) is 0 Å². The highest BCUT2D eigenvalue weighted by molar-refractivity contribution is 7.99. The molecule has 0 spiro atoms. The fourth-order valence-electron chi connectivity index (χ4n) is 1.94. The molecule has 98 valence electrons. The van der Waals surface area contributed by atoms with Gasteiger partial charge in [-0.3, -0.25) is 4.79 Å². The van der Waals surface area contributed by atoms with Crippen molar-refractivity contribution in [3.05, 3.63) is 27.7 Å². The van der Waals surface area contributed by atoms with Crippen LogP contribution in [-0.4, -0.2) is 34.9 Å². The summed E-state index contributed by atoms with van der Waals surface area (Å²) in [6.45, 7) is 3.57. The smallest absolute Gasteiger partial charge is 0.255 e. The van der Waals surface area contributed by atoms with Crippen LogP contribution in [-0.2, 0) is 0 Å². The molecule has 0 aromatic heterocycles. The number of hydrogen-bond acceptors (Lipinski definition) is 3. The van der Waals surface area contributed by atoms with Gasteiger partial charge in [0.2, 0.25) is 0 Å². The van der Waals surface area contributed by atoms with Crippen LogP contribution in [0.2, 0.25) is 10.0 Å². The number of hydrogen-bond donors (Lipinski definition) is 1. The third-order valence-corrected chi connectivity index (χ3v) is 4.75. The first kappa shape index (κ1) is 13.8. The highest BCUT2D eigenvalue weighted by atomic mass is 35.5. The fraction of sp³-hybridized carbons (Fsp3) is 0.417. The van der Waals surface area contributed by atoms with Crippen molar-refractivity contribution in [3.8, 4) is 0 Å². The zero-order chi connectivity index (χ0) is 13.3. The molecular weight excluding hydrogens is 291 g/mol. The first-order valence-electron chi connectivity index (χ1n) is 5.64. The Kier molecular flexibility index (Phi) is 4.30. The van der Waals surface area contributed by atoms with Gasteiger partial charge in [0.1, 0.15) is 0 Å². The van der Waals surface area contributed by atoms with Crippen LogP contribution in [0.3, 0.4) is 0 Å². The van der Waals surface area contributed by atoms with Gasteiger partial charge in [0.15, 0.2) is 0 Å². The van der Waals surface area contributed by atoms with E-state index in [-0.39, 0.29) is 10.9 Å². The van der Waals surface area contributed by atoms with Crippen LogP contribution in [0.4, 0.5) is 5.69 Å². The van der Waals surface area contributed by atoms with Crippen molar-refractivity contribution < 1.29 is 4.79 Å². The molecule has 6 heteroatoms. The van der Waals surface area contributed by atoms with Crippen molar-refractivity contribution in [2.45, 2.75) is 12.2 Å². The van der Waals surface area contributed by atoms with Gasteiger partial charge in [-0.05, 0) is 12.1 Å². The van der Waals surface area contributed by atoms with Crippen molar-refractivity contribution in [3.63, 3.8) is 0 Å². The molecule has 1 amide bonds. The van der Waals surface area contributed by atoms with Gasteiger partial charge in [0, 0.05) is 29.8 Å². The molecule has 2 rings (SSSR count). The van der Waals surface area contributed by atoms with E-state index in [1.54, 1.807) is 17.0 Å². The minimum atomic E-state index is -0.0960. The Labute approximate surface area is 121 Å². The predicted molar refractivity (Wildman–Crippen MR) is 78.7 cm³/mol. The lowest BCUT2D eigenvalue weighted by atomic mass is 10.1. The number of nitrogen functional groups attached to an aromatic ring is 1. The van der Waals surface area contributed by atoms with Gasteiger partial charge in [-0.1, -0.05) is 30.1 Å².